The molecule has 0 bridgehead atoms. The second-order valence-electron chi connectivity index (χ2n) is 6.93. The average Bonchev–Trinajstić information content (AvgIpc) is 2.71. The number of nitro groups is 1. The first-order chi connectivity index (χ1) is 14.3. The number of nitro benzene ring substituents is 1. The van der Waals surface area contributed by atoms with Gasteiger partial charge in [0.15, 0.2) is 6.61 Å². The fraction of sp³-hybridized carbons (Fsp3) is 0.364. The first kappa shape index (κ1) is 22.9. The Labute approximate surface area is 175 Å². The van der Waals surface area contributed by atoms with E-state index in [1.54, 1.807) is 26.0 Å². The molecule has 0 aliphatic rings. The molecule has 2 aromatic carbocycles. The van der Waals surface area contributed by atoms with E-state index in [1.807, 2.05) is 25.1 Å². The number of esters is 1. The van der Waals surface area contributed by atoms with Crippen LogP contribution in [0, 0.1) is 10.1 Å². The number of ether oxygens (including phenoxy) is 2. The van der Waals surface area contributed by atoms with Crippen molar-refractivity contribution < 1.29 is 24.0 Å². The summed E-state index contributed by atoms with van der Waals surface area (Å²) >= 11 is 0. The van der Waals surface area contributed by atoms with Gasteiger partial charge >= 0.3 is 5.97 Å². The molecule has 1 unspecified atom stereocenters. The van der Waals surface area contributed by atoms with Crippen LogP contribution in [0.1, 0.15) is 44.4 Å². The van der Waals surface area contributed by atoms with Crippen molar-refractivity contribution in [2.45, 2.75) is 45.8 Å². The van der Waals surface area contributed by atoms with E-state index in [0.29, 0.717) is 5.75 Å². The number of para-hydroxylation sites is 2. The fourth-order valence-electron chi connectivity index (χ4n) is 2.98. The van der Waals surface area contributed by atoms with E-state index in [4.69, 9.17) is 9.47 Å². The van der Waals surface area contributed by atoms with Gasteiger partial charge in [-0.2, -0.15) is 0 Å². The van der Waals surface area contributed by atoms with Gasteiger partial charge in [-0.3, -0.25) is 19.7 Å². The summed E-state index contributed by atoms with van der Waals surface area (Å²) < 4.78 is 10.8. The van der Waals surface area contributed by atoms with E-state index in [1.165, 1.54) is 18.2 Å². The van der Waals surface area contributed by atoms with Gasteiger partial charge in [0, 0.05) is 6.07 Å². The highest BCUT2D eigenvalue weighted by Gasteiger charge is 2.26. The molecule has 0 fully saturated rings. The molecule has 2 aromatic rings. The highest BCUT2D eigenvalue weighted by Crippen LogP contribution is 2.27. The summed E-state index contributed by atoms with van der Waals surface area (Å²) in [5.74, 6) is -0.469. The number of hydrogen-bond donors (Lipinski definition) is 1. The Kier molecular flexibility index (Phi) is 8.34. The summed E-state index contributed by atoms with van der Waals surface area (Å²) in [6.45, 7) is 5.10. The van der Waals surface area contributed by atoms with Crippen molar-refractivity contribution in [3.05, 3.63) is 69.8 Å². The molecule has 8 nitrogen and oxygen atoms in total. The SMILES string of the molecule is CCc1ccccc1OCC(=O)NC(CC(=O)OC(C)C)c1ccccc1[N+](=O)[O-]. The first-order valence-corrected chi connectivity index (χ1v) is 9.74. The van der Waals surface area contributed by atoms with Crippen molar-refractivity contribution in [1.82, 2.24) is 5.32 Å². The average molecular weight is 414 g/mol. The van der Waals surface area contributed by atoms with Crippen molar-refractivity contribution in [3.63, 3.8) is 0 Å². The number of hydrogen-bond acceptors (Lipinski definition) is 6. The molecule has 160 valence electrons. The van der Waals surface area contributed by atoms with Gasteiger partial charge in [-0.25, -0.2) is 0 Å². The van der Waals surface area contributed by atoms with Crippen LogP contribution < -0.4 is 10.1 Å². The maximum absolute atomic E-state index is 12.5. The Bertz CT molecular complexity index is 897. The van der Waals surface area contributed by atoms with Crippen LogP contribution in [0.5, 0.6) is 5.75 Å². The summed E-state index contributed by atoms with van der Waals surface area (Å²) in [6.07, 6.45) is 0.173. The molecule has 0 saturated heterocycles. The number of benzene rings is 2. The predicted molar refractivity (Wildman–Crippen MR) is 111 cm³/mol. The quantitative estimate of drug-likeness (QED) is 0.360. The van der Waals surface area contributed by atoms with Crippen LogP contribution in [0.25, 0.3) is 0 Å². The van der Waals surface area contributed by atoms with Crippen LogP contribution in [0.2, 0.25) is 0 Å². The van der Waals surface area contributed by atoms with Gasteiger partial charge in [0.05, 0.1) is 29.1 Å². The normalized spacial score (nSPS) is 11.6. The second-order valence-corrected chi connectivity index (χ2v) is 6.93. The van der Waals surface area contributed by atoms with Crippen molar-refractivity contribution >= 4 is 17.6 Å². The maximum Gasteiger partial charge on any atom is 0.308 e. The number of aryl methyl sites for hydroxylation is 1. The molecule has 0 saturated carbocycles. The standard InChI is InChI=1S/C22H26N2O6/c1-4-16-9-5-8-12-20(16)29-14-21(25)23-18(13-22(26)30-15(2)3)17-10-6-7-11-19(17)24(27)28/h5-12,15,18H,4,13-14H2,1-3H3,(H,23,25). The van der Waals surface area contributed by atoms with Crippen molar-refractivity contribution in [3.8, 4) is 5.75 Å². The minimum atomic E-state index is -0.921. The zero-order valence-electron chi connectivity index (χ0n) is 17.3. The molecule has 0 aromatic heterocycles. The topological polar surface area (TPSA) is 108 Å². The molecule has 0 radical (unpaired) electrons. The third-order valence-corrected chi connectivity index (χ3v) is 4.29. The summed E-state index contributed by atoms with van der Waals surface area (Å²) in [7, 11) is 0. The molecule has 1 atom stereocenters. The highest BCUT2D eigenvalue weighted by molar-refractivity contribution is 5.79. The lowest BCUT2D eigenvalue weighted by Gasteiger charge is -2.20. The Hall–Kier alpha value is -3.42. The Balaban J connectivity index is 2.17. The number of nitrogens with zero attached hydrogens (tertiary/aromatic N) is 1. The molecule has 1 N–H and O–H groups in total. The van der Waals surface area contributed by atoms with Gasteiger partial charge in [0.2, 0.25) is 0 Å². The Morgan fingerprint density at radius 2 is 1.77 bits per heavy atom. The highest BCUT2D eigenvalue weighted by atomic mass is 16.6. The third-order valence-electron chi connectivity index (χ3n) is 4.29. The van der Waals surface area contributed by atoms with Crippen LogP contribution in [-0.4, -0.2) is 29.5 Å². The maximum atomic E-state index is 12.5. The van der Waals surface area contributed by atoms with Gasteiger partial charge in [-0.15, -0.1) is 0 Å². The fourth-order valence-corrected chi connectivity index (χ4v) is 2.98. The Morgan fingerprint density at radius 3 is 2.43 bits per heavy atom. The lowest BCUT2D eigenvalue weighted by atomic mass is 10.0. The summed E-state index contributed by atoms with van der Waals surface area (Å²) in [4.78, 5) is 35.6. The number of nitrogens with one attached hydrogen (secondary N) is 1. The van der Waals surface area contributed by atoms with Crippen LogP contribution in [0.15, 0.2) is 48.5 Å². The number of carbonyl (C=O) groups is 2. The van der Waals surface area contributed by atoms with E-state index in [0.717, 1.165) is 12.0 Å². The van der Waals surface area contributed by atoms with E-state index in [-0.39, 0.29) is 30.4 Å². The molecule has 2 rings (SSSR count). The first-order valence-electron chi connectivity index (χ1n) is 9.74. The third kappa shape index (κ3) is 6.58. The molecule has 0 heterocycles. The number of amides is 1. The van der Waals surface area contributed by atoms with Crippen molar-refractivity contribution in [1.29, 1.82) is 0 Å². The smallest absolute Gasteiger partial charge is 0.308 e. The van der Waals surface area contributed by atoms with Gasteiger partial charge < -0.3 is 14.8 Å². The minimum absolute atomic E-state index is 0.183. The lowest BCUT2D eigenvalue weighted by Crippen LogP contribution is -2.34. The molecular formula is C22H26N2O6. The molecule has 0 spiro atoms. The second kappa shape index (κ2) is 10.9. The zero-order chi connectivity index (χ0) is 22.1. The monoisotopic (exact) mass is 414 g/mol. The summed E-state index contributed by atoms with van der Waals surface area (Å²) in [5.41, 5.74) is 1.00. The van der Waals surface area contributed by atoms with E-state index in [2.05, 4.69) is 5.32 Å². The van der Waals surface area contributed by atoms with Gasteiger partial charge in [0.1, 0.15) is 5.75 Å². The molecule has 0 aliphatic heterocycles. The number of rotatable bonds is 10. The zero-order valence-corrected chi connectivity index (χ0v) is 17.3. The molecular weight excluding hydrogens is 388 g/mol. The molecule has 0 aliphatic carbocycles. The summed E-state index contributed by atoms with van der Waals surface area (Å²) in [5, 5.41) is 14.1. The molecule has 30 heavy (non-hydrogen) atoms. The van der Waals surface area contributed by atoms with Crippen LogP contribution >= 0.6 is 0 Å². The van der Waals surface area contributed by atoms with Crippen LogP contribution in [0.3, 0.4) is 0 Å². The molecule has 1 amide bonds. The summed E-state index contributed by atoms with van der Waals surface area (Å²) in [6, 6.07) is 12.4. The van der Waals surface area contributed by atoms with Crippen molar-refractivity contribution in [2.75, 3.05) is 6.61 Å². The molecule has 8 heteroatoms. The minimum Gasteiger partial charge on any atom is -0.483 e. The van der Waals surface area contributed by atoms with Gasteiger partial charge in [0.25, 0.3) is 11.6 Å². The van der Waals surface area contributed by atoms with E-state index >= 15 is 0 Å². The largest absolute Gasteiger partial charge is 0.483 e. The van der Waals surface area contributed by atoms with Crippen molar-refractivity contribution in [2.24, 2.45) is 0 Å². The van der Waals surface area contributed by atoms with E-state index in [9.17, 15) is 19.7 Å². The lowest BCUT2D eigenvalue weighted by molar-refractivity contribution is -0.385. The Morgan fingerprint density at radius 1 is 1.10 bits per heavy atom. The van der Waals surface area contributed by atoms with Crippen LogP contribution in [-0.2, 0) is 20.7 Å². The van der Waals surface area contributed by atoms with Crippen LogP contribution in [0.4, 0.5) is 5.69 Å². The van der Waals surface area contributed by atoms with E-state index < -0.39 is 22.8 Å². The van der Waals surface area contributed by atoms with Gasteiger partial charge in [-0.05, 0) is 31.9 Å². The predicted octanol–water partition coefficient (Wildman–Crippen LogP) is 3.74. The van der Waals surface area contributed by atoms with Gasteiger partial charge in [-0.1, -0.05) is 43.3 Å². The number of carbonyl (C=O) groups excluding carboxylic acids is 2.